The summed E-state index contributed by atoms with van der Waals surface area (Å²) in [7, 11) is 1.85. The Morgan fingerprint density at radius 3 is 2.74 bits per heavy atom. The fourth-order valence-electron chi connectivity index (χ4n) is 5.55. The van der Waals surface area contributed by atoms with E-state index in [1.165, 1.54) is 11.8 Å². The summed E-state index contributed by atoms with van der Waals surface area (Å²) in [6.07, 6.45) is -1.92. The minimum Gasteiger partial charge on any atom is -0.465 e. The summed E-state index contributed by atoms with van der Waals surface area (Å²) in [5.74, 6) is 1.06. The van der Waals surface area contributed by atoms with Crippen molar-refractivity contribution < 1.29 is 33.3 Å². The molecule has 4 aromatic rings. The van der Waals surface area contributed by atoms with E-state index in [2.05, 4.69) is 9.88 Å². The van der Waals surface area contributed by atoms with E-state index in [0.717, 1.165) is 23.9 Å². The van der Waals surface area contributed by atoms with Crippen molar-refractivity contribution in [3.05, 3.63) is 41.6 Å². The van der Waals surface area contributed by atoms with Crippen molar-refractivity contribution in [1.82, 2.24) is 29.3 Å². The number of amides is 2. The smallest absolute Gasteiger partial charge is 0.405 e. The minimum absolute atomic E-state index is 0.0902. The molecule has 3 N–H and O–H groups in total. The quantitative estimate of drug-likeness (QED) is 0.260. The van der Waals surface area contributed by atoms with E-state index in [1.54, 1.807) is 18.2 Å². The third-order valence-electron chi connectivity index (χ3n) is 7.88. The maximum absolute atomic E-state index is 14.4. The maximum atomic E-state index is 14.4. The predicted octanol–water partition coefficient (Wildman–Crippen LogP) is 3.66. The first-order valence-corrected chi connectivity index (χ1v) is 14.0. The van der Waals surface area contributed by atoms with Crippen LogP contribution in [0.15, 0.2) is 30.3 Å². The number of alkyl halides is 2. The Labute approximate surface area is 239 Å². The zero-order valence-corrected chi connectivity index (χ0v) is 23.3. The average Bonchev–Trinajstić information content (AvgIpc) is 3.62. The molecule has 1 aliphatic carbocycles. The number of hydrogen-bond acceptors (Lipinski definition) is 6. The van der Waals surface area contributed by atoms with Gasteiger partial charge in [0.1, 0.15) is 24.0 Å². The summed E-state index contributed by atoms with van der Waals surface area (Å²) in [4.78, 5) is 35.4. The first-order valence-electron chi connectivity index (χ1n) is 14.0. The second-order valence-corrected chi connectivity index (χ2v) is 11.1. The van der Waals surface area contributed by atoms with Crippen molar-refractivity contribution in [3.8, 4) is 17.3 Å². The Kier molecular flexibility index (Phi) is 7.21. The topological polar surface area (TPSA) is 135 Å². The lowest BCUT2D eigenvalue weighted by atomic mass is 10.0. The van der Waals surface area contributed by atoms with Gasteiger partial charge in [-0.1, -0.05) is 12.1 Å². The molecule has 0 saturated heterocycles. The molecular formula is C29H32F2N6O5. The van der Waals surface area contributed by atoms with Gasteiger partial charge in [0.25, 0.3) is 12.3 Å². The summed E-state index contributed by atoms with van der Waals surface area (Å²) < 4.78 is 37.3. The van der Waals surface area contributed by atoms with Crippen LogP contribution in [0.2, 0.25) is 0 Å². The number of fused-ring (bicyclic) bond motifs is 3. The SMILES string of the molecule is CC(O)C(F)Oc1cccc2cc(-c3nc4cc5c(nc4n3C)CCN(C[C@@H](CF)NC(=O)O)C5=O)n(CC3CC3)c12. The van der Waals surface area contributed by atoms with Crippen LogP contribution in [-0.2, 0) is 20.0 Å². The third kappa shape index (κ3) is 5.13. The molecule has 3 atom stereocenters. The van der Waals surface area contributed by atoms with Gasteiger partial charge in [-0.25, -0.2) is 19.2 Å². The number of pyridine rings is 1. The van der Waals surface area contributed by atoms with Crippen LogP contribution in [0.4, 0.5) is 13.6 Å². The minimum atomic E-state index is -1.88. The molecular weight excluding hydrogens is 550 g/mol. The lowest BCUT2D eigenvalue weighted by molar-refractivity contribution is -0.0365. The molecule has 1 aromatic carbocycles. The fraction of sp³-hybridized carbons (Fsp3) is 0.448. The molecule has 42 heavy (non-hydrogen) atoms. The first kappa shape index (κ1) is 27.9. The van der Waals surface area contributed by atoms with Crippen LogP contribution in [0.1, 0.15) is 35.8 Å². The highest BCUT2D eigenvalue weighted by Crippen LogP contribution is 2.39. The molecule has 11 nitrogen and oxygen atoms in total. The number of aromatic nitrogens is 4. The summed E-state index contributed by atoms with van der Waals surface area (Å²) in [5.41, 5.74) is 3.56. The van der Waals surface area contributed by atoms with Gasteiger partial charge in [0, 0.05) is 38.5 Å². The second kappa shape index (κ2) is 10.9. The number of carboxylic acid groups (broad SMARTS) is 1. The van der Waals surface area contributed by atoms with Crippen LogP contribution in [-0.4, -0.2) is 84.5 Å². The number of aliphatic hydroxyl groups excluding tert-OH is 1. The number of nitrogens with one attached hydrogen (secondary N) is 1. The molecule has 0 spiro atoms. The van der Waals surface area contributed by atoms with E-state index < -0.39 is 31.3 Å². The Morgan fingerprint density at radius 1 is 1.26 bits per heavy atom. The van der Waals surface area contributed by atoms with Gasteiger partial charge in [0.05, 0.1) is 28.5 Å². The fourth-order valence-corrected chi connectivity index (χ4v) is 5.55. The highest BCUT2D eigenvalue weighted by molar-refractivity contribution is 5.99. The van der Waals surface area contributed by atoms with E-state index in [4.69, 9.17) is 19.8 Å². The molecule has 3 aromatic heterocycles. The van der Waals surface area contributed by atoms with Gasteiger partial charge in [-0.2, -0.15) is 4.39 Å². The van der Waals surface area contributed by atoms with Crippen molar-refractivity contribution in [2.24, 2.45) is 13.0 Å². The molecule has 1 aliphatic heterocycles. The summed E-state index contributed by atoms with van der Waals surface area (Å²) in [6, 6.07) is 8.01. The van der Waals surface area contributed by atoms with E-state index in [9.17, 15) is 23.5 Å². The number of imidazole rings is 1. The molecule has 0 bridgehead atoms. The number of nitrogens with zero attached hydrogens (tertiary/aromatic N) is 5. The van der Waals surface area contributed by atoms with Crippen LogP contribution >= 0.6 is 0 Å². The predicted molar refractivity (Wildman–Crippen MR) is 150 cm³/mol. The van der Waals surface area contributed by atoms with Crippen molar-refractivity contribution in [2.45, 2.75) is 51.2 Å². The number of benzene rings is 1. The lowest BCUT2D eigenvalue weighted by Gasteiger charge is -2.30. The molecule has 222 valence electrons. The van der Waals surface area contributed by atoms with Crippen LogP contribution < -0.4 is 10.1 Å². The average molecular weight is 583 g/mol. The number of aryl methyl sites for hydroxylation is 1. The van der Waals surface area contributed by atoms with E-state index in [-0.39, 0.29) is 19.0 Å². The van der Waals surface area contributed by atoms with Gasteiger partial charge >= 0.3 is 6.09 Å². The van der Waals surface area contributed by atoms with Crippen molar-refractivity contribution in [3.63, 3.8) is 0 Å². The summed E-state index contributed by atoms with van der Waals surface area (Å²) in [6.45, 7) is 1.28. The Balaban J connectivity index is 1.40. The Hall–Kier alpha value is -4.26. The normalized spacial score (nSPS) is 17.4. The van der Waals surface area contributed by atoms with Crippen LogP contribution in [0.5, 0.6) is 5.75 Å². The molecule has 6 rings (SSSR count). The Morgan fingerprint density at radius 2 is 2.05 bits per heavy atom. The number of carbonyl (C=O) groups is 2. The van der Waals surface area contributed by atoms with Gasteiger partial charge in [-0.15, -0.1) is 0 Å². The van der Waals surface area contributed by atoms with E-state index >= 15 is 0 Å². The highest BCUT2D eigenvalue weighted by Gasteiger charge is 2.31. The van der Waals surface area contributed by atoms with Crippen LogP contribution in [0.3, 0.4) is 0 Å². The molecule has 0 radical (unpaired) electrons. The molecule has 2 aliphatic rings. The van der Waals surface area contributed by atoms with Gasteiger partial charge in [0.2, 0.25) is 0 Å². The van der Waals surface area contributed by atoms with Gasteiger partial charge in [0.15, 0.2) is 11.5 Å². The van der Waals surface area contributed by atoms with E-state index in [0.29, 0.717) is 58.4 Å². The number of halogens is 2. The van der Waals surface area contributed by atoms with Crippen LogP contribution in [0, 0.1) is 5.92 Å². The molecule has 13 heteroatoms. The summed E-state index contributed by atoms with van der Waals surface area (Å²) in [5, 5.41) is 21.6. The molecule has 2 unspecified atom stereocenters. The number of ether oxygens (including phenoxy) is 1. The standard InChI is InChI=1S/C29H32F2N6O5/c1-15(38)25(31)42-23-5-3-4-17-10-22(37(24(17)23)13-16-6-7-16)27-34-21-11-19-20(33-26(21)35(27)2)8-9-36(28(19)39)14-18(12-30)32-29(40)41/h3-5,10-11,15-16,18,25,32,38H,6-9,12-14H2,1-2H3,(H,40,41)/t15?,18-,25?/m1/s1. The molecule has 4 heterocycles. The number of rotatable bonds is 10. The molecule has 2 amide bonds. The monoisotopic (exact) mass is 582 g/mol. The van der Waals surface area contributed by atoms with Crippen molar-refractivity contribution in [2.75, 3.05) is 19.8 Å². The first-order chi connectivity index (χ1) is 20.1. The number of para-hydroxylation sites is 1. The molecule has 1 saturated carbocycles. The third-order valence-corrected chi connectivity index (χ3v) is 7.88. The second-order valence-electron chi connectivity index (χ2n) is 11.1. The van der Waals surface area contributed by atoms with Crippen LogP contribution in [0.25, 0.3) is 33.6 Å². The van der Waals surface area contributed by atoms with Gasteiger partial charge in [-0.05, 0) is 43.9 Å². The largest absolute Gasteiger partial charge is 0.465 e. The lowest BCUT2D eigenvalue weighted by Crippen LogP contribution is -2.48. The van der Waals surface area contributed by atoms with E-state index in [1.807, 2.05) is 23.7 Å². The Bertz CT molecular complexity index is 1680. The number of hydrogen-bond donors (Lipinski definition) is 3. The number of carbonyl (C=O) groups excluding carboxylic acids is 1. The van der Waals surface area contributed by atoms with Gasteiger partial charge in [-0.3, -0.25) is 4.79 Å². The highest BCUT2D eigenvalue weighted by atomic mass is 19.1. The summed E-state index contributed by atoms with van der Waals surface area (Å²) >= 11 is 0. The van der Waals surface area contributed by atoms with Crippen molar-refractivity contribution in [1.29, 1.82) is 0 Å². The molecule has 1 fully saturated rings. The van der Waals surface area contributed by atoms with Gasteiger partial charge < -0.3 is 34.3 Å². The zero-order valence-electron chi connectivity index (χ0n) is 23.3. The van der Waals surface area contributed by atoms with Crippen molar-refractivity contribution >= 4 is 34.1 Å². The number of aliphatic hydroxyl groups is 1. The maximum Gasteiger partial charge on any atom is 0.405 e. The zero-order chi connectivity index (χ0) is 29.7.